The Morgan fingerprint density at radius 2 is 1.92 bits per heavy atom. The van der Waals surface area contributed by atoms with Gasteiger partial charge in [-0.15, -0.1) is 12.4 Å². The predicted molar refractivity (Wildman–Crippen MR) is 44.0 cm³/mol. The SMILES string of the molecule is Cl.NC(=O)C([AsH2])CCC(F)(F)F. The van der Waals surface area contributed by atoms with Crippen LogP contribution in [-0.4, -0.2) is 28.9 Å². The van der Waals surface area contributed by atoms with Gasteiger partial charge in [-0.2, -0.15) is 0 Å². The van der Waals surface area contributed by atoms with E-state index in [0.717, 1.165) is 16.9 Å². The third-order valence-electron chi connectivity index (χ3n) is 1.10. The summed E-state index contributed by atoms with van der Waals surface area (Å²) in [6, 6.07) is 0. The van der Waals surface area contributed by atoms with E-state index in [-0.39, 0.29) is 18.8 Å². The zero-order valence-corrected chi connectivity index (χ0v) is 9.34. The molecule has 0 rings (SSSR count). The molecule has 0 saturated carbocycles. The fraction of sp³-hybridized carbons (Fsp3) is 0.800. The maximum atomic E-state index is 11.5. The molecule has 0 bridgehead atoms. The van der Waals surface area contributed by atoms with Crippen molar-refractivity contribution in [2.75, 3.05) is 0 Å². The standard InChI is InChI=1S/C5H9AsF3NO.ClH/c6-3(4(10)11)1-2-5(7,8)9;/h3H,1-2,6H2,(H2,10,11);1H. The van der Waals surface area contributed by atoms with Crippen molar-refractivity contribution >= 4 is 35.2 Å². The Morgan fingerprint density at radius 3 is 2.17 bits per heavy atom. The number of carbonyl (C=O) groups excluding carboxylic acids is 1. The van der Waals surface area contributed by atoms with Crippen LogP contribution in [0.15, 0.2) is 0 Å². The van der Waals surface area contributed by atoms with Crippen molar-refractivity contribution in [3.8, 4) is 0 Å². The summed E-state index contributed by atoms with van der Waals surface area (Å²) in [5, 5.41) is 0. The van der Waals surface area contributed by atoms with Gasteiger partial charge in [-0.05, 0) is 0 Å². The first kappa shape index (κ1) is 14.6. The Labute approximate surface area is 83.0 Å². The van der Waals surface area contributed by atoms with Crippen LogP contribution in [0.3, 0.4) is 0 Å². The summed E-state index contributed by atoms with van der Waals surface area (Å²) in [5.41, 5.74) is 4.77. The van der Waals surface area contributed by atoms with Crippen LogP contribution in [0.2, 0.25) is 4.71 Å². The van der Waals surface area contributed by atoms with E-state index in [1.165, 1.54) is 0 Å². The van der Waals surface area contributed by atoms with E-state index in [4.69, 9.17) is 5.73 Å². The second-order valence-electron chi connectivity index (χ2n) is 2.16. The predicted octanol–water partition coefficient (Wildman–Crippen LogP) is 0.658. The number of alkyl halides is 3. The zero-order chi connectivity index (χ0) is 9.07. The molecule has 12 heavy (non-hydrogen) atoms. The summed E-state index contributed by atoms with van der Waals surface area (Å²) in [6.07, 6.45) is -5.31. The van der Waals surface area contributed by atoms with E-state index in [2.05, 4.69) is 0 Å². The van der Waals surface area contributed by atoms with E-state index in [1.807, 2.05) is 0 Å². The van der Waals surface area contributed by atoms with Crippen molar-refractivity contribution < 1.29 is 18.0 Å². The van der Waals surface area contributed by atoms with E-state index in [1.54, 1.807) is 0 Å². The third-order valence-corrected chi connectivity index (χ3v) is 2.49. The van der Waals surface area contributed by atoms with Gasteiger partial charge in [0.25, 0.3) is 0 Å². The van der Waals surface area contributed by atoms with E-state index >= 15 is 0 Å². The van der Waals surface area contributed by atoms with Gasteiger partial charge in [0, 0.05) is 0 Å². The molecular weight excluding hydrogens is 257 g/mol. The first-order chi connectivity index (χ1) is 4.83. The van der Waals surface area contributed by atoms with Crippen LogP contribution in [0.25, 0.3) is 0 Å². The van der Waals surface area contributed by atoms with Gasteiger partial charge >= 0.3 is 70.2 Å². The molecule has 0 aliphatic heterocycles. The quantitative estimate of drug-likeness (QED) is 0.750. The number of hydrogen-bond donors (Lipinski definition) is 1. The first-order valence-electron chi connectivity index (χ1n) is 2.94. The van der Waals surface area contributed by atoms with Crippen molar-refractivity contribution in [2.24, 2.45) is 5.73 Å². The van der Waals surface area contributed by atoms with Gasteiger partial charge in [-0.25, -0.2) is 0 Å². The average Bonchev–Trinajstić information content (AvgIpc) is 1.80. The molecular formula is C5H10AsClF3NO. The van der Waals surface area contributed by atoms with Gasteiger partial charge in [0.05, 0.1) is 0 Å². The van der Waals surface area contributed by atoms with Gasteiger partial charge in [0.2, 0.25) is 0 Å². The zero-order valence-electron chi connectivity index (χ0n) is 6.10. The molecule has 0 aliphatic carbocycles. The maximum absolute atomic E-state index is 11.5. The number of rotatable bonds is 3. The summed E-state index contributed by atoms with van der Waals surface area (Å²) in [5.74, 6) is -0.658. The molecule has 2 unspecified atom stereocenters. The number of amides is 1. The van der Waals surface area contributed by atoms with Crippen molar-refractivity contribution in [3.05, 3.63) is 0 Å². The molecule has 2 N–H and O–H groups in total. The molecule has 74 valence electrons. The van der Waals surface area contributed by atoms with Crippen molar-refractivity contribution in [3.63, 3.8) is 0 Å². The topological polar surface area (TPSA) is 43.1 Å². The van der Waals surface area contributed by atoms with Crippen molar-refractivity contribution in [1.29, 1.82) is 0 Å². The Kier molecular flexibility index (Phi) is 6.95. The Bertz CT molecular complexity index is 152. The molecule has 0 radical (unpaired) electrons. The van der Waals surface area contributed by atoms with E-state index < -0.39 is 23.2 Å². The summed E-state index contributed by atoms with van der Waals surface area (Å²) in [4.78, 5) is 10.3. The van der Waals surface area contributed by atoms with Gasteiger partial charge < -0.3 is 0 Å². The number of hydrogen-bond acceptors (Lipinski definition) is 1. The number of halogens is 4. The molecule has 0 aromatic heterocycles. The fourth-order valence-corrected chi connectivity index (χ4v) is 0.811. The van der Waals surface area contributed by atoms with E-state index in [9.17, 15) is 18.0 Å². The van der Waals surface area contributed by atoms with Gasteiger partial charge in [0.1, 0.15) is 0 Å². The van der Waals surface area contributed by atoms with Crippen LogP contribution in [0, 0.1) is 0 Å². The fourth-order valence-electron chi connectivity index (χ4n) is 0.461. The second kappa shape index (κ2) is 5.70. The second-order valence-corrected chi connectivity index (χ2v) is 3.85. The molecule has 0 aromatic carbocycles. The first-order valence-corrected chi connectivity index (χ1v) is 4.34. The minimum atomic E-state index is -4.18. The van der Waals surface area contributed by atoms with Crippen LogP contribution in [0.1, 0.15) is 12.8 Å². The monoisotopic (exact) mass is 267 g/mol. The molecule has 0 aromatic rings. The average molecular weight is 268 g/mol. The van der Waals surface area contributed by atoms with Crippen LogP contribution >= 0.6 is 12.4 Å². The normalized spacial score (nSPS) is 13.3. The summed E-state index contributed by atoms with van der Waals surface area (Å²) < 4.78 is 34.0. The Hall–Kier alpha value is 0.108. The number of nitrogens with two attached hydrogens (primary N) is 1. The van der Waals surface area contributed by atoms with Crippen LogP contribution in [0.4, 0.5) is 13.2 Å². The van der Waals surface area contributed by atoms with E-state index in [0.29, 0.717) is 0 Å². The third kappa shape index (κ3) is 8.21. The van der Waals surface area contributed by atoms with Crippen molar-refractivity contribution in [1.82, 2.24) is 0 Å². The van der Waals surface area contributed by atoms with Gasteiger partial charge in [-0.3, -0.25) is 0 Å². The molecule has 0 fully saturated rings. The summed E-state index contributed by atoms with van der Waals surface area (Å²) >= 11 is 0.937. The molecule has 0 saturated heterocycles. The minimum absolute atomic E-state index is 0. The molecule has 0 aliphatic rings. The number of carbonyl (C=O) groups is 1. The molecule has 0 spiro atoms. The molecule has 7 heteroatoms. The molecule has 2 atom stereocenters. The summed E-state index contributed by atoms with van der Waals surface area (Å²) in [6.45, 7) is 0. The molecule has 1 amide bonds. The summed E-state index contributed by atoms with van der Waals surface area (Å²) in [7, 11) is 0. The van der Waals surface area contributed by atoms with Crippen LogP contribution in [0.5, 0.6) is 0 Å². The molecule has 0 heterocycles. The van der Waals surface area contributed by atoms with Gasteiger partial charge in [-0.1, -0.05) is 0 Å². The molecule has 2 nitrogen and oxygen atoms in total. The Balaban J connectivity index is 0. The van der Waals surface area contributed by atoms with Crippen LogP contribution in [-0.2, 0) is 4.79 Å². The number of primary amides is 1. The Morgan fingerprint density at radius 1 is 1.50 bits per heavy atom. The van der Waals surface area contributed by atoms with Gasteiger partial charge in [0.15, 0.2) is 0 Å². The van der Waals surface area contributed by atoms with Crippen LogP contribution < -0.4 is 5.73 Å². The van der Waals surface area contributed by atoms with Crippen molar-refractivity contribution in [2.45, 2.75) is 23.7 Å².